The van der Waals surface area contributed by atoms with E-state index in [9.17, 15) is 8.42 Å². The second-order valence-corrected chi connectivity index (χ2v) is 9.17. The van der Waals surface area contributed by atoms with Crippen LogP contribution in [0.4, 0.5) is 5.88 Å². The van der Waals surface area contributed by atoms with E-state index in [4.69, 9.17) is 13.9 Å². The molecule has 1 saturated heterocycles. The third kappa shape index (κ3) is 5.12. The lowest BCUT2D eigenvalue weighted by molar-refractivity contribution is 0.0398. The van der Waals surface area contributed by atoms with Gasteiger partial charge in [0.15, 0.2) is 0 Å². The van der Waals surface area contributed by atoms with Crippen LogP contribution < -0.4 is 10.1 Å². The second-order valence-electron chi connectivity index (χ2n) is 7.31. The molecule has 1 fully saturated rings. The Morgan fingerprint density at radius 3 is 2.47 bits per heavy atom. The summed E-state index contributed by atoms with van der Waals surface area (Å²) in [5.74, 6) is 1.10. The van der Waals surface area contributed by atoms with Crippen LogP contribution in [-0.2, 0) is 14.6 Å². The van der Waals surface area contributed by atoms with Crippen molar-refractivity contribution in [1.29, 1.82) is 0 Å². The molecule has 0 aliphatic carbocycles. The number of nitrogens with one attached hydrogen (secondary N) is 1. The zero-order chi connectivity index (χ0) is 22.4. The molecule has 4 rings (SSSR count). The van der Waals surface area contributed by atoms with Gasteiger partial charge in [-0.25, -0.2) is 8.42 Å². The Hall–Kier alpha value is -2.88. The van der Waals surface area contributed by atoms with Crippen molar-refractivity contribution in [3.63, 3.8) is 0 Å². The average Bonchev–Trinajstić information content (AvgIpc) is 3.26. The smallest absolute Gasteiger partial charge is 0.233 e. The standard InChI is InChI=1S/C23H27N3O5S/c1-2-30-19-10-8-18(9-11-19)21-25-23(32(27,28)20-6-4-3-5-7-20)22(31-21)24-12-13-26-14-16-29-17-15-26/h3-11,24H,2,12-17H2,1H3. The summed E-state index contributed by atoms with van der Waals surface area (Å²) in [5.41, 5.74) is 0.666. The molecule has 1 N–H and O–H groups in total. The van der Waals surface area contributed by atoms with Crippen LogP contribution in [0.1, 0.15) is 6.92 Å². The number of sulfone groups is 1. The second kappa shape index (κ2) is 10.2. The first-order valence-electron chi connectivity index (χ1n) is 10.7. The van der Waals surface area contributed by atoms with Gasteiger partial charge in [-0.15, -0.1) is 0 Å². The number of hydrogen-bond donors (Lipinski definition) is 1. The van der Waals surface area contributed by atoms with Gasteiger partial charge in [0, 0.05) is 31.7 Å². The van der Waals surface area contributed by atoms with Gasteiger partial charge in [-0.1, -0.05) is 18.2 Å². The van der Waals surface area contributed by atoms with Gasteiger partial charge < -0.3 is 19.2 Å². The van der Waals surface area contributed by atoms with Crippen molar-refractivity contribution in [3.8, 4) is 17.2 Å². The number of benzene rings is 2. The third-order valence-corrected chi connectivity index (χ3v) is 6.81. The Labute approximate surface area is 188 Å². The van der Waals surface area contributed by atoms with Gasteiger partial charge in [-0.2, -0.15) is 4.98 Å². The summed E-state index contributed by atoms with van der Waals surface area (Å²) in [7, 11) is -3.85. The molecule has 32 heavy (non-hydrogen) atoms. The Bertz CT molecular complexity index is 1110. The highest BCUT2D eigenvalue weighted by Crippen LogP contribution is 2.32. The largest absolute Gasteiger partial charge is 0.494 e. The van der Waals surface area contributed by atoms with Gasteiger partial charge in [-0.3, -0.25) is 4.90 Å². The number of nitrogens with zero attached hydrogens (tertiary/aromatic N) is 2. The highest BCUT2D eigenvalue weighted by atomic mass is 32.2. The molecule has 170 valence electrons. The molecule has 0 amide bonds. The van der Waals surface area contributed by atoms with Crippen LogP contribution in [0.5, 0.6) is 5.75 Å². The van der Waals surface area contributed by atoms with Crippen molar-refractivity contribution in [2.24, 2.45) is 0 Å². The topological polar surface area (TPSA) is 93.9 Å². The fourth-order valence-electron chi connectivity index (χ4n) is 3.45. The number of aromatic nitrogens is 1. The van der Waals surface area contributed by atoms with Crippen LogP contribution in [-0.4, -0.2) is 64.3 Å². The maximum Gasteiger partial charge on any atom is 0.233 e. The molecule has 2 aromatic carbocycles. The van der Waals surface area contributed by atoms with Crippen LogP contribution in [0, 0.1) is 0 Å². The van der Waals surface area contributed by atoms with Gasteiger partial charge in [0.2, 0.25) is 26.6 Å². The first-order chi connectivity index (χ1) is 15.6. The summed E-state index contributed by atoms with van der Waals surface area (Å²) >= 11 is 0. The fourth-order valence-corrected chi connectivity index (χ4v) is 4.75. The molecule has 0 radical (unpaired) electrons. The highest BCUT2D eigenvalue weighted by Gasteiger charge is 2.28. The minimum absolute atomic E-state index is 0.116. The molecule has 3 aromatic rings. The number of ether oxygens (including phenoxy) is 2. The summed E-state index contributed by atoms with van der Waals surface area (Å²) in [4.78, 5) is 6.80. The van der Waals surface area contributed by atoms with E-state index < -0.39 is 9.84 Å². The lowest BCUT2D eigenvalue weighted by Crippen LogP contribution is -2.39. The van der Waals surface area contributed by atoms with Gasteiger partial charge in [-0.05, 0) is 43.3 Å². The number of anilines is 1. The minimum atomic E-state index is -3.85. The predicted octanol–water partition coefficient (Wildman–Crippen LogP) is 3.32. The fraction of sp³-hybridized carbons (Fsp3) is 0.348. The quantitative estimate of drug-likeness (QED) is 0.523. The highest BCUT2D eigenvalue weighted by molar-refractivity contribution is 7.91. The summed E-state index contributed by atoms with van der Waals surface area (Å²) in [5, 5.41) is 3.03. The van der Waals surface area contributed by atoms with Gasteiger partial charge in [0.1, 0.15) is 5.75 Å². The molecule has 8 nitrogen and oxygen atoms in total. The monoisotopic (exact) mass is 457 g/mol. The summed E-state index contributed by atoms with van der Waals surface area (Å²) in [6.07, 6.45) is 0. The van der Waals surface area contributed by atoms with Gasteiger partial charge in [0.05, 0.1) is 24.7 Å². The van der Waals surface area contributed by atoms with Crippen molar-refractivity contribution >= 4 is 15.7 Å². The molecular formula is C23H27N3O5S. The van der Waals surface area contributed by atoms with Crippen LogP contribution in [0.3, 0.4) is 0 Å². The maximum atomic E-state index is 13.3. The first kappa shape index (κ1) is 22.3. The summed E-state index contributed by atoms with van der Waals surface area (Å²) in [6, 6.07) is 15.5. The van der Waals surface area contributed by atoms with Crippen LogP contribution >= 0.6 is 0 Å². The predicted molar refractivity (Wildman–Crippen MR) is 121 cm³/mol. The van der Waals surface area contributed by atoms with E-state index in [1.54, 1.807) is 54.6 Å². The Morgan fingerprint density at radius 2 is 1.78 bits per heavy atom. The molecule has 1 aromatic heterocycles. The zero-order valence-electron chi connectivity index (χ0n) is 18.0. The number of morpholine rings is 1. The van der Waals surface area contributed by atoms with Gasteiger partial charge >= 0.3 is 0 Å². The van der Waals surface area contributed by atoms with Crippen LogP contribution in [0.25, 0.3) is 11.5 Å². The van der Waals surface area contributed by atoms with Crippen LogP contribution in [0.15, 0.2) is 68.9 Å². The van der Waals surface area contributed by atoms with Gasteiger partial charge in [0.25, 0.3) is 0 Å². The lowest BCUT2D eigenvalue weighted by Gasteiger charge is -2.26. The molecule has 2 heterocycles. The number of hydrogen-bond acceptors (Lipinski definition) is 8. The molecule has 1 aliphatic rings. The molecular weight excluding hydrogens is 430 g/mol. The van der Waals surface area contributed by atoms with Crippen molar-refractivity contribution in [2.45, 2.75) is 16.8 Å². The maximum absolute atomic E-state index is 13.3. The Balaban J connectivity index is 1.61. The van der Waals surface area contributed by atoms with E-state index >= 15 is 0 Å². The summed E-state index contributed by atoms with van der Waals surface area (Å²) < 4.78 is 43.4. The Kier molecular flexibility index (Phi) is 7.09. The lowest BCUT2D eigenvalue weighted by atomic mass is 10.2. The Morgan fingerprint density at radius 1 is 1.06 bits per heavy atom. The molecule has 0 saturated carbocycles. The summed E-state index contributed by atoms with van der Waals surface area (Å²) in [6.45, 7) is 6.86. The van der Waals surface area contributed by atoms with E-state index in [0.29, 0.717) is 31.9 Å². The molecule has 0 atom stereocenters. The van der Waals surface area contributed by atoms with Crippen molar-refractivity contribution in [2.75, 3.05) is 51.3 Å². The SMILES string of the molecule is CCOc1ccc(-c2nc(S(=O)(=O)c3ccccc3)c(NCCN3CCOCC3)o2)cc1. The zero-order valence-corrected chi connectivity index (χ0v) is 18.8. The molecule has 0 unspecified atom stereocenters. The number of rotatable bonds is 9. The molecule has 0 spiro atoms. The van der Waals surface area contributed by atoms with E-state index in [2.05, 4.69) is 15.2 Å². The van der Waals surface area contributed by atoms with Crippen molar-refractivity contribution in [1.82, 2.24) is 9.88 Å². The molecule has 9 heteroatoms. The van der Waals surface area contributed by atoms with E-state index in [0.717, 1.165) is 25.4 Å². The average molecular weight is 458 g/mol. The van der Waals surface area contributed by atoms with E-state index in [-0.39, 0.29) is 21.7 Å². The van der Waals surface area contributed by atoms with Crippen molar-refractivity contribution < 1.29 is 22.3 Å². The normalized spacial score (nSPS) is 14.9. The molecule has 1 aliphatic heterocycles. The van der Waals surface area contributed by atoms with Crippen molar-refractivity contribution in [3.05, 3.63) is 54.6 Å². The third-order valence-electron chi connectivity index (χ3n) is 5.13. The number of oxazole rings is 1. The van der Waals surface area contributed by atoms with E-state index in [1.807, 2.05) is 6.92 Å². The first-order valence-corrected chi connectivity index (χ1v) is 12.1. The molecule has 0 bridgehead atoms. The van der Waals surface area contributed by atoms with E-state index in [1.165, 1.54) is 0 Å². The van der Waals surface area contributed by atoms with Crippen LogP contribution in [0.2, 0.25) is 0 Å². The minimum Gasteiger partial charge on any atom is -0.494 e.